The lowest BCUT2D eigenvalue weighted by Crippen LogP contribution is -1.96. The minimum atomic E-state index is 0.196. The van der Waals surface area contributed by atoms with Crippen LogP contribution < -0.4 is 4.74 Å². The minimum absolute atomic E-state index is 0.196. The van der Waals surface area contributed by atoms with Crippen molar-refractivity contribution in [2.45, 2.75) is 6.92 Å². The van der Waals surface area contributed by atoms with E-state index in [4.69, 9.17) is 4.74 Å². The molecule has 0 aliphatic carbocycles. The standard InChI is InChI=1S/C12H12N2O2/c1-8-12(16-2)13-7-10(14-8)9-5-3-4-6-11(9)15/h3-7,15H,1-2H3. The Morgan fingerprint density at radius 1 is 1.25 bits per heavy atom. The Balaban J connectivity index is 2.50. The fourth-order valence-corrected chi connectivity index (χ4v) is 1.49. The molecule has 0 amide bonds. The molecule has 0 fully saturated rings. The summed E-state index contributed by atoms with van der Waals surface area (Å²) in [4.78, 5) is 8.45. The van der Waals surface area contributed by atoms with Gasteiger partial charge in [-0.1, -0.05) is 12.1 Å². The van der Waals surface area contributed by atoms with Crippen molar-refractivity contribution in [3.05, 3.63) is 36.2 Å². The van der Waals surface area contributed by atoms with E-state index in [0.29, 0.717) is 22.8 Å². The van der Waals surface area contributed by atoms with Gasteiger partial charge in [0.25, 0.3) is 0 Å². The van der Waals surface area contributed by atoms with Gasteiger partial charge in [0, 0.05) is 5.56 Å². The number of hydrogen-bond donors (Lipinski definition) is 1. The van der Waals surface area contributed by atoms with Crippen LogP contribution >= 0.6 is 0 Å². The number of benzene rings is 1. The van der Waals surface area contributed by atoms with Crippen LogP contribution in [-0.2, 0) is 0 Å². The summed E-state index contributed by atoms with van der Waals surface area (Å²) in [5.74, 6) is 0.695. The van der Waals surface area contributed by atoms with Crippen LogP contribution in [0.25, 0.3) is 11.3 Å². The van der Waals surface area contributed by atoms with Gasteiger partial charge >= 0.3 is 0 Å². The highest BCUT2D eigenvalue weighted by Gasteiger charge is 2.08. The van der Waals surface area contributed by atoms with Crippen molar-refractivity contribution in [1.29, 1.82) is 0 Å². The molecule has 0 radical (unpaired) electrons. The lowest BCUT2D eigenvalue weighted by atomic mass is 10.1. The second-order valence-electron chi connectivity index (χ2n) is 3.37. The molecule has 0 bridgehead atoms. The third kappa shape index (κ3) is 1.82. The molecule has 2 rings (SSSR count). The van der Waals surface area contributed by atoms with E-state index in [1.807, 2.05) is 13.0 Å². The Hall–Kier alpha value is -2.10. The predicted octanol–water partition coefficient (Wildman–Crippen LogP) is 2.17. The van der Waals surface area contributed by atoms with E-state index in [2.05, 4.69) is 9.97 Å². The van der Waals surface area contributed by atoms with E-state index in [1.54, 1.807) is 31.5 Å². The highest BCUT2D eigenvalue weighted by atomic mass is 16.5. The molecule has 1 aromatic heterocycles. The lowest BCUT2D eigenvalue weighted by molar-refractivity contribution is 0.392. The van der Waals surface area contributed by atoms with Gasteiger partial charge in [0.1, 0.15) is 11.4 Å². The zero-order chi connectivity index (χ0) is 11.5. The monoisotopic (exact) mass is 216 g/mol. The molecule has 0 aliphatic heterocycles. The number of ether oxygens (including phenoxy) is 1. The number of phenols is 1. The number of rotatable bonds is 2. The van der Waals surface area contributed by atoms with Gasteiger partial charge in [0.15, 0.2) is 0 Å². The zero-order valence-corrected chi connectivity index (χ0v) is 9.14. The summed E-state index contributed by atoms with van der Waals surface area (Å²) in [5.41, 5.74) is 2.00. The normalized spacial score (nSPS) is 10.1. The summed E-state index contributed by atoms with van der Waals surface area (Å²) >= 11 is 0. The molecule has 1 heterocycles. The smallest absolute Gasteiger partial charge is 0.235 e. The number of aromatic hydroxyl groups is 1. The van der Waals surface area contributed by atoms with Gasteiger partial charge in [-0.05, 0) is 19.1 Å². The van der Waals surface area contributed by atoms with Crippen molar-refractivity contribution >= 4 is 0 Å². The Bertz CT molecular complexity index is 512. The first-order valence-corrected chi connectivity index (χ1v) is 4.88. The zero-order valence-electron chi connectivity index (χ0n) is 9.14. The first-order valence-electron chi connectivity index (χ1n) is 4.88. The highest BCUT2D eigenvalue weighted by molar-refractivity contribution is 5.66. The molecular weight excluding hydrogens is 204 g/mol. The van der Waals surface area contributed by atoms with Crippen LogP contribution in [0.3, 0.4) is 0 Å². The average Bonchev–Trinajstić information content (AvgIpc) is 2.29. The maximum atomic E-state index is 9.68. The molecule has 0 saturated carbocycles. The van der Waals surface area contributed by atoms with Crippen LogP contribution in [0.15, 0.2) is 30.5 Å². The molecule has 0 aliphatic rings. The largest absolute Gasteiger partial charge is 0.507 e. The third-order valence-corrected chi connectivity index (χ3v) is 2.28. The Labute approximate surface area is 93.6 Å². The molecule has 4 nitrogen and oxygen atoms in total. The Kier molecular flexibility index (Phi) is 2.72. The SMILES string of the molecule is COc1ncc(-c2ccccc2O)nc1C. The average molecular weight is 216 g/mol. The molecule has 2 aromatic rings. The third-order valence-electron chi connectivity index (χ3n) is 2.28. The molecule has 82 valence electrons. The fraction of sp³-hybridized carbons (Fsp3) is 0.167. The Morgan fingerprint density at radius 2 is 2.00 bits per heavy atom. The molecule has 16 heavy (non-hydrogen) atoms. The van der Waals surface area contributed by atoms with Crippen molar-refractivity contribution in [2.24, 2.45) is 0 Å². The van der Waals surface area contributed by atoms with Crippen molar-refractivity contribution in [2.75, 3.05) is 7.11 Å². The summed E-state index contributed by atoms with van der Waals surface area (Å²) < 4.78 is 5.03. The number of aromatic nitrogens is 2. The van der Waals surface area contributed by atoms with Gasteiger partial charge in [-0.2, -0.15) is 0 Å². The molecule has 0 saturated heterocycles. The number of phenolic OH excluding ortho intramolecular Hbond substituents is 1. The number of para-hydroxylation sites is 1. The molecule has 0 spiro atoms. The molecule has 0 unspecified atom stereocenters. The number of methoxy groups -OCH3 is 1. The van der Waals surface area contributed by atoms with Crippen LogP contribution in [0.2, 0.25) is 0 Å². The molecule has 4 heteroatoms. The number of nitrogens with zero attached hydrogens (tertiary/aromatic N) is 2. The molecule has 1 N–H and O–H groups in total. The number of aryl methyl sites for hydroxylation is 1. The quantitative estimate of drug-likeness (QED) is 0.835. The van der Waals surface area contributed by atoms with Crippen LogP contribution in [0.4, 0.5) is 0 Å². The van der Waals surface area contributed by atoms with E-state index in [0.717, 1.165) is 0 Å². The Morgan fingerprint density at radius 3 is 2.62 bits per heavy atom. The predicted molar refractivity (Wildman–Crippen MR) is 60.4 cm³/mol. The van der Waals surface area contributed by atoms with Crippen LogP contribution in [0, 0.1) is 6.92 Å². The number of hydrogen-bond acceptors (Lipinski definition) is 4. The first kappa shape index (κ1) is 10.4. The van der Waals surface area contributed by atoms with Gasteiger partial charge < -0.3 is 9.84 Å². The maximum Gasteiger partial charge on any atom is 0.235 e. The van der Waals surface area contributed by atoms with Crippen molar-refractivity contribution in [1.82, 2.24) is 9.97 Å². The molecule has 1 aromatic carbocycles. The van der Waals surface area contributed by atoms with Crippen molar-refractivity contribution in [3.63, 3.8) is 0 Å². The van der Waals surface area contributed by atoms with Gasteiger partial charge in [-0.25, -0.2) is 9.97 Å². The topological polar surface area (TPSA) is 55.2 Å². The fourth-order valence-electron chi connectivity index (χ4n) is 1.49. The first-order chi connectivity index (χ1) is 7.72. The second-order valence-corrected chi connectivity index (χ2v) is 3.37. The summed E-state index contributed by atoms with van der Waals surface area (Å²) in [6.07, 6.45) is 1.58. The van der Waals surface area contributed by atoms with E-state index < -0.39 is 0 Å². The summed E-state index contributed by atoms with van der Waals surface area (Å²) in [7, 11) is 1.55. The van der Waals surface area contributed by atoms with E-state index in [1.165, 1.54) is 0 Å². The lowest BCUT2D eigenvalue weighted by Gasteiger charge is -2.06. The second kappa shape index (κ2) is 4.18. The van der Waals surface area contributed by atoms with E-state index >= 15 is 0 Å². The highest BCUT2D eigenvalue weighted by Crippen LogP contribution is 2.27. The van der Waals surface area contributed by atoms with Crippen LogP contribution in [0.1, 0.15) is 5.69 Å². The van der Waals surface area contributed by atoms with Crippen LogP contribution in [-0.4, -0.2) is 22.2 Å². The van der Waals surface area contributed by atoms with Crippen LogP contribution in [0.5, 0.6) is 11.6 Å². The van der Waals surface area contributed by atoms with E-state index in [9.17, 15) is 5.11 Å². The van der Waals surface area contributed by atoms with Crippen molar-refractivity contribution < 1.29 is 9.84 Å². The molecular formula is C12H12N2O2. The van der Waals surface area contributed by atoms with Gasteiger partial charge in [0.2, 0.25) is 5.88 Å². The van der Waals surface area contributed by atoms with Gasteiger partial charge in [-0.3, -0.25) is 0 Å². The van der Waals surface area contributed by atoms with E-state index in [-0.39, 0.29) is 5.75 Å². The summed E-state index contributed by atoms with van der Waals surface area (Å²) in [6, 6.07) is 7.03. The molecule has 0 atom stereocenters. The summed E-state index contributed by atoms with van der Waals surface area (Å²) in [6.45, 7) is 1.81. The van der Waals surface area contributed by atoms with Gasteiger partial charge in [0.05, 0.1) is 19.0 Å². The minimum Gasteiger partial charge on any atom is -0.507 e. The maximum absolute atomic E-state index is 9.68. The summed E-state index contributed by atoms with van der Waals surface area (Å²) in [5, 5.41) is 9.68. The van der Waals surface area contributed by atoms with Gasteiger partial charge in [-0.15, -0.1) is 0 Å². The van der Waals surface area contributed by atoms with Crippen molar-refractivity contribution in [3.8, 4) is 22.9 Å².